The van der Waals surface area contributed by atoms with Crippen molar-refractivity contribution in [3.8, 4) is 0 Å². The summed E-state index contributed by atoms with van der Waals surface area (Å²) >= 11 is 0. The number of benzene rings is 1. The summed E-state index contributed by atoms with van der Waals surface area (Å²) in [5, 5.41) is 12.8. The molecule has 0 atom stereocenters. The molecule has 106 valence electrons. The maximum atomic E-state index is 12.3. The molecule has 0 spiro atoms. The normalized spacial score (nSPS) is 10.5. The molecule has 0 aliphatic heterocycles. The van der Waals surface area contributed by atoms with Gasteiger partial charge in [-0.2, -0.15) is 5.10 Å². The Kier molecular flexibility index (Phi) is 4.90. The fourth-order valence-electron chi connectivity index (χ4n) is 2.04. The van der Waals surface area contributed by atoms with E-state index >= 15 is 0 Å². The van der Waals surface area contributed by atoms with E-state index in [0.717, 1.165) is 35.3 Å². The molecule has 1 heterocycles. The number of hydrogen-bond donors (Lipinski definition) is 3. The van der Waals surface area contributed by atoms with Gasteiger partial charge in [0.05, 0.1) is 6.20 Å². The van der Waals surface area contributed by atoms with Crippen molar-refractivity contribution in [3.05, 3.63) is 52.8 Å². The first-order valence-corrected chi connectivity index (χ1v) is 6.72. The Morgan fingerprint density at radius 3 is 2.80 bits per heavy atom. The zero-order valence-electron chi connectivity index (χ0n) is 11.9. The molecular formula is C15H20N4O. The summed E-state index contributed by atoms with van der Waals surface area (Å²) < 4.78 is 0. The molecule has 1 aromatic carbocycles. The van der Waals surface area contributed by atoms with Crippen molar-refractivity contribution in [3.63, 3.8) is 0 Å². The third kappa shape index (κ3) is 3.45. The standard InChI is InChI=1S/C15H20N4O/c1-11-13(10-18-19-11)9-17-15(20)14-6-4-3-5-12(14)7-8-16-2/h3-6,10,16H,7-9H2,1-2H3,(H,17,20)(H,18,19). The van der Waals surface area contributed by atoms with Crippen LogP contribution >= 0.6 is 0 Å². The lowest BCUT2D eigenvalue weighted by Crippen LogP contribution is -2.24. The summed E-state index contributed by atoms with van der Waals surface area (Å²) in [6.45, 7) is 3.28. The minimum absolute atomic E-state index is 0.0442. The molecule has 1 amide bonds. The maximum Gasteiger partial charge on any atom is 0.251 e. The lowest BCUT2D eigenvalue weighted by atomic mass is 10.0. The first-order chi connectivity index (χ1) is 9.72. The van der Waals surface area contributed by atoms with Crippen LogP contribution in [0.15, 0.2) is 30.5 Å². The smallest absolute Gasteiger partial charge is 0.251 e. The lowest BCUT2D eigenvalue weighted by molar-refractivity contribution is 0.0950. The Hall–Kier alpha value is -2.14. The number of nitrogens with one attached hydrogen (secondary N) is 3. The van der Waals surface area contributed by atoms with Crippen molar-refractivity contribution >= 4 is 5.91 Å². The van der Waals surface area contributed by atoms with Gasteiger partial charge in [-0.1, -0.05) is 18.2 Å². The molecule has 0 radical (unpaired) electrons. The first-order valence-electron chi connectivity index (χ1n) is 6.72. The Morgan fingerprint density at radius 2 is 2.10 bits per heavy atom. The molecule has 0 aliphatic rings. The van der Waals surface area contributed by atoms with Crippen LogP contribution in [-0.4, -0.2) is 29.7 Å². The quantitative estimate of drug-likeness (QED) is 0.744. The second-order valence-electron chi connectivity index (χ2n) is 4.71. The average molecular weight is 272 g/mol. The van der Waals surface area contributed by atoms with Crippen LogP contribution < -0.4 is 10.6 Å². The number of carbonyl (C=O) groups excluding carboxylic acids is 1. The molecule has 5 heteroatoms. The van der Waals surface area contributed by atoms with Gasteiger partial charge in [0.1, 0.15) is 0 Å². The molecule has 0 bridgehead atoms. The maximum absolute atomic E-state index is 12.3. The third-order valence-corrected chi connectivity index (χ3v) is 3.28. The van der Waals surface area contributed by atoms with Crippen LogP contribution in [0.2, 0.25) is 0 Å². The van der Waals surface area contributed by atoms with E-state index in [0.29, 0.717) is 6.54 Å². The van der Waals surface area contributed by atoms with Crippen molar-refractivity contribution in [1.29, 1.82) is 0 Å². The molecule has 0 fully saturated rings. The summed E-state index contributed by atoms with van der Waals surface area (Å²) in [6, 6.07) is 7.71. The van der Waals surface area contributed by atoms with Crippen LogP contribution in [0.4, 0.5) is 0 Å². The number of hydrogen-bond acceptors (Lipinski definition) is 3. The molecule has 5 nitrogen and oxygen atoms in total. The molecule has 0 aliphatic carbocycles. The van der Waals surface area contributed by atoms with Gasteiger partial charge in [0.2, 0.25) is 0 Å². The fraction of sp³-hybridized carbons (Fsp3) is 0.333. The van der Waals surface area contributed by atoms with Crippen molar-refractivity contribution in [2.75, 3.05) is 13.6 Å². The van der Waals surface area contributed by atoms with E-state index in [1.165, 1.54) is 0 Å². The van der Waals surface area contributed by atoms with Crippen LogP contribution in [-0.2, 0) is 13.0 Å². The number of amides is 1. The lowest BCUT2D eigenvalue weighted by Gasteiger charge is -2.10. The van der Waals surface area contributed by atoms with E-state index in [1.54, 1.807) is 6.20 Å². The molecule has 2 rings (SSSR count). The minimum Gasteiger partial charge on any atom is -0.348 e. The number of rotatable bonds is 6. The number of H-pyrrole nitrogens is 1. The second-order valence-corrected chi connectivity index (χ2v) is 4.71. The SMILES string of the molecule is CNCCc1ccccc1C(=O)NCc1cn[nH]c1C. The Morgan fingerprint density at radius 1 is 1.30 bits per heavy atom. The largest absolute Gasteiger partial charge is 0.348 e. The van der Waals surface area contributed by atoms with Gasteiger partial charge in [-0.3, -0.25) is 9.89 Å². The van der Waals surface area contributed by atoms with E-state index in [4.69, 9.17) is 0 Å². The number of carbonyl (C=O) groups is 1. The number of aryl methyl sites for hydroxylation is 1. The second kappa shape index (κ2) is 6.86. The fourth-order valence-corrected chi connectivity index (χ4v) is 2.04. The van der Waals surface area contributed by atoms with Gasteiger partial charge in [0.25, 0.3) is 5.91 Å². The van der Waals surface area contributed by atoms with Crippen LogP contribution in [0.3, 0.4) is 0 Å². The highest BCUT2D eigenvalue weighted by atomic mass is 16.1. The molecule has 0 saturated heterocycles. The van der Waals surface area contributed by atoms with E-state index in [1.807, 2.05) is 38.2 Å². The van der Waals surface area contributed by atoms with E-state index in [2.05, 4.69) is 20.8 Å². The Labute approximate surface area is 118 Å². The van der Waals surface area contributed by atoms with Gasteiger partial charge in [0.15, 0.2) is 0 Å². The molecule has 3 N–H and O–H groups in total. The monoisotopic (exact) mass is 272 g/mol. The number of aromatic amines is 1. The number of likely N-dealkylation sites (N-methyl/N-ethyl adjacent to an activating group) is 1. The van der Waals surface area contributed by atoms with Crippen molar-refractivity contribution in [1.82, 2.24) is 20.8 Å². The minimum atomic E-state index is -0.0442. The highest BCUT2D eigenvalue weighted by Gasteiger charge is 2.11. The number of aromatic nitrogens is 2. The molecule has 20 heavy (non-hydrogen) atoms. The highest BCUT2D eigenvalue weighted by Crippen LogP contribution is 2.10. The Balaban J connectivity index is 2.03. The highest BCUT2D eigenvalue weighted by molar-refractivity contribution is 5.95. The molecular weight excluding hydrogens is 252 g/mol. The first kappa shape index (κ1) is 14.3. The van der Waals surface area contributed by atoms with Crippen LogP contribution in [0.25, 0.3) is 0 Å². The van der Waals surface area contributed by atoms with Gasteiger partial charge in [-0.25, -0.2) is 0 Å². The van der Waals surface area contributed by atoms with Crippen molar-refractivity contribution in [2.24, 2.45) is 0 Å². The van der Waals surface area contributed by atoms with Crippen LogP contribution in [0.5, 0.6) is 0 Å². The van der Waals surface area contributed by atoms with Crippen LogP contribution in [0.1, 0.15) is 27.2 Å². The van der Waals surface area contributed by atoms with E-state index in [9.17, 15) is 4.79 Å². The predicted octanol–water partition coefficient (Wildman–Crippen LogP) is 1.41. The summed E-state index contributed by atoms with van der Waals surface area (Å²) in [4.78, 5) is 12.3. The summed E-state index contributed by atoms with van der Waals surface area (Å²) in [5.74, 6) is -0.0442. The summed E-state index contributed by atoms with van der Waals surface area (Å²) in [7, 11) is 1.91. The van der Waals surface area contributed by atoms with E-state index < -0.39 is 0 Å². The Bertz CT molecular complexity index is 577. The molecule has 1 aromatic heterocycles. The van der Waals surface area contributed by atoms with Crippen molar-refractivity contribution < 1.29 is 4.79 Å². The zero-order chi connectivity index (χ0) is 14.4. The van der Waals surface area contributed by atoms with Crippen molar-refractivity contribution in [2.45, 2.75) is 19.9 Å². The van der Waals surface area contributed by atoms with Crippen LogP contribution in [0, 0.1) is 6.92 Å². The topological polar surface area (TPSA) is 69.8 Å². The van der Waals surface area contributed by atoms with Gasteiger partial charge in [-0.05, 0) is 38.6 Å². The molecule has 2 aromatic rings. The zero-order valence-corrected chi connectivity index (χ0v) is 11.9. The van der Waals surface area contributed by atoms with Gasteiger partial charge >= 0.3 is 0 Å². The summed E-state index contributed by atoms with van der Waals surface area (Å²) in [5.41, 5.74) is 3.78. The van der Waals surface area contributed by atoms with Gasteiger partial charge in [0, 0.05) is 23.4 Å². The molecule has 0 saturated carbocycles. The van der Waals surface area contributed by atoms with Gasteiger partial charge < -0.3 is 10.6 Å². The number of nitrogens with zero attached hydrogens (tertiary/aromatic N) is 1. The predicted molar refractivity (Wildman–Crippen MR) is 78.6 cm³/mol. The third-order valence-electron chi connectivity index (χ3n) is 3.28. The van der Waals surface area contributed by atoms with Gasteiger partial charge in [-0.15, -0.1) is 0 Å². The summed E-state index contributed by atoms with van der Waals surface area (Å²) in [6.07, 6.45) is 2.58. The average Bonchev–Trinajstić information content (AvgIpc) is 2.88. The molecule has 0 unspecified atom stereocenters. The van der Waals surface area contributed by atoms with E-state index in [-0.39, 0.29) is 5.91 Å².